The Hall–Kier alpha value is -3.92. The van der Waals surface area contributed by atoms with Crippen molar-refractivity contribution in [2.24, 2.45) is 0 Å². The summed E-state index contributed by atoms with van der Waals surface area (Å²) in [4.78, 5) is 9.65. The lowest BCUT2D eigenvalue weighted by atomic mass is 10.1. The molecular weight excluding hydrogens is 454 g/mol. The molecule has 0 saturated heterocycles. The average Bonchev–Trinajstić information content (AvgIpc) is 2.87. The summed E-state index contributed by atoms with van der Waals surface area (Å²) in [5.74, 6) is 2.11. The van der Waals surface area contributed by atoms with Crippen molar-refractivity contribution in [3.05, 3.63) is 77.9 Å². The fourth-order valence-corrected chi connectivity index (χ4v) is 3.87. The van der Waals surface area contributed by atoms with Crippen molar-refractivity contribution < 1.29 is 9.84 Å². The van der Waals surface area contributed by atoms with E-state index in [0.29, 0.717) is 24.7 Å². The third-order valence-corrected chi connectivity index (χ3v) is 5.56. The van der Waals surface area contributed by atoms with Gasteiger partial charge in [-0.25, -0.2) is 9.97 Å². The zero-order valence-electron chi connectivity index (χ0n) is 20.8. The number of nitrogens with one attached hydrogen (secondary N) is 5. The van der Waals surface area contributed by atoms with E-state index in [1.54, 1.807) is 14.2 Å². The summed E-state index contributed by atoms with van der Waals surface area (Å²) in [7, 11) is 3.42. The van der Waals surface area contributed by atoms with Crippen LogP contribution in [0.2, 0.25) is 0 Å². The van der Waals surface area contributed by atoms with Gasteiger partial charge in [-0.3, -0.25) is 10.9 Å². The van der Waals surface area contributed by atoms with Crippen LogP contribution in [0, 0.1) is 6.92 Å². The van der Waals surface area contributed by atoms with Gasteiger partial charge in [0.05, 0.1) is 24.7 Å². The zero-order chi connectivity index (χ0) is 25.3. The molecule has 0 amide bonds. The zero-order valence-corrected chi connectivity index (χ0v) is 20.8. The number of anilines is 4. The Morgan fingerprint density at radius 2 is 1.69 bits per heavy atom. The smallest absolute Gasteiger partial charge is 0.174 e. The van der Waals surface area contributed by atoms with E-state index in [1.165, 1.54) is 0 Å². The van der Waals surface area contributed by atoms with Gasteiger partial charge >= 0.3 is 0 Å². The maximum absolute atomic E-state index is 10.1. The molecule has 0 aliphatic carbocycles. The third-order valence-electron chi connectivity index (χ3n) is 5.56. The number of methoxy groups -OCH3 is 1. The van der Waals surface area contributed by atoms with E-state index in [4.69, 9.17) is 14.7 Å². The molecule has 9 nitrogen and oxygen atoms in total. The monoisotopic (exact) mass is 487 g/mol. The van der Waals surface area contributed by atoms with Crippen molar-refractivity contribution in [3.63, 3.8) is 0 Å². The van der Waals surface area contributed by atoms with E-state index in [2.05, 4.69) is 32.9 Å². The fourth-order valence-electron chi connectivity index (χ4n) is 3.87. The van der Waals surface area contributed by atoms with Gasteiger partial charge in [0, 0.05) is 24.0 Å². The molecule has 36 heavy (non-hydrogen) atoms. The Labute approximate surface area is 211 Å². The molecule has 1 atom stereocenters. The van der Waals surface area contributed by atoms with Crippen LogP contribution in [0.25, 0.3) is 11.0 Å². The molecule has 0 saturated carbocycles. The van der Waals surface area contributed by atoms with Crippen molar-refractivity contribution in [1.29, 1.82) is 0 Å². The number of benzene rings is 3. The van der Waals surface area contributed by atoms with Crippen molar-refractivity contribution in [2.75, 3.05) is 43.2 Å². The number of nitrogens with zero attached hydrogens (tertiary/aromatic N) is 2. The molecule has 1 heterocycles. The van der Waals surface area contributed by atoms with Crippen molar-refractivity contribution >= 4 is 34.0 Å². The summed E-state index contributed by atoms with van der Waals surface area (Å²) in [6.07, 6.45) is 0.0691. The molecule has 0 aliphatic rings. The number of ether oxygens (including phenoxy) is 1. The van der Waals surface area contributed by atoms with Crippen LogP contribution < -0.4 is 31.5 Å². The number of aryl methyl sites for hydroxylation is 1. The first-order valence-corrected chi connectivity index (χ1v) is 11.9. The molecule has 0 spiro atoms. The molecule has 9 heteroatoms. The number of hydrazine groups is 1. The minimum atomic E-state index is -0.701. The van der Waals surface area contributed by atoms with E-state index in [0.717, 1.165) is 45.7 Å². The van der Waals surface area contributed by atoms with Crippen LogP contribution in [-0.2, 0) is 6.42 Å². The van der Waals surface area contributed by atoms with Gasteiger partial charge in [-0.2, -0.15) is 0 Å². The van der Waals surface area contributed by atoms with Crippen molar-refractivity contribution in [3.8, 4) is 5.75 Å². The molecule has 0 radical (unpaired) electrons. The summed E-state index contributed by atoms with van der Waals surface area (Å²) in [6.45, 7) is 3.07. The quantitative estimate of drug-likeness (QED) is 0.131. The van der Waals surface area contributed by atoms with E-state index in [1.807, 2.05) is 67.6 Å². The second-order valence-electron chi connectivity index (χ2n) is 8.44. The Kier molecular flexibility index (Phi) is 8.51. The van der Waals surface area contributed by atoms with Crippen molar-refractivity contribution in [2.45, 2.75) is 19.6 Å². The van der Waals surface area contributed by atoms with E-state index < -0.39 is 6.23 Å². The SMILES string of the molecule is CNNCC(O)Nc1cccc(CCNc2nc3ccccc3nc2Nc2cc(C)cc(OC)c2)c1. The molecule has 3 aromatic carbocycles. The number of hydrogen-bond donors (Lipinski definition) is 6. The van der Waals surface area contributed by atoms with Crippen LogP contribution in [0.1, 0.15) is 11.1 Å². The summed E-state index contributed by atoms with van der Waals surface area (Å²) in [5, 5.41) is 20.0. The van der Waals surface area contributed by atoms with E-state index >= 15 is 0 Å². The highest BCUT2D eigenvalue weighted by Gasteiger charge is 2.11. The molecule has 4 aromatic rings. The number of hydrogen-bond acceptors (Lipinski definition) is 9. The van der Waals surface area contributed by atoms with Crippen LogP contribution in [0.3, 0.4) is 0 Å². The number of aliphatic hydroxyl groups is 1. The van der Waals surface area contributed by atoms with Gasteiger partial charge < -0.3 is 25.8 Å². The lowest BCUT2D eigenvalue weighted by Crippen LogP contribution is -2.38. The highest BCUT2D eigenvalue weighted by Crippen LogP contribution is 2.28. The maximum atomic E-state index is 10.1. The first-order chi connectivity index (χ1) is 17.5. The standard InChI is InChI=1S/C27H33N7O2/c1-18-13-21(16-22(14-18)36-3)32-27-26(33-23-9-4-5-10-24(23)34-27)29-12-11-19-7-6-8-20(15-19)31-25(35)17-30-28-2/h4-10,13-16,25,28,30-31,35H,11-12,17H2,1-3H3,(H,29,33)(H,32,34). The number of aliphatic hydroxyl groups excluding tert-OH is 1. The van der Waals surface area contributed by atoms with Crippen molar-refractivity contribution in [1.82, 2.24) is 20.8 Å². The molecule has 0 bridgehead atoms. The molecule has 1 unspecified atom stereocenters. The van der Waals surface area contributed by atoms with Crippen LogP contribution in [0.15, 0.2) is 66.7 Å². The first kappa shape index (κ1) is 25.2. The number of aromatic nitrogens is 2. The number of rotatable bonds is 12. The molecule has 1 aromatic heterocycles. The molecule has 0 fully saturated rings. The highest BCUT2D eigenvalue weighted by molar-refractivity contribution is 5.82. The summed E-state index contributed by atoms with van der Waals surface area (Å²) in [5.41, 5.74) is 11.3. The fraction of sp³-hybridized carbons (Fsp3) is 0.259. The minimum absolute atomic E-state index is 0.380. The topological polar surface area (TPSA) is 115 Å². The Morgan fingerprint density at radius 1 is 0.917 bits per heavy atom. The van der Waals surface area contributed by atoms with Gasteiger partial charge in [-0.1, -0.05) is 24.3 Å². The van der Waals surface area contributed by atoms with Gasteiger partial charge in [-0.15, -0.1) is 0 Å². The largest absolute Gasteiger partial charge is 0.497 e. The second-order valence-corrected chi connectivity index (χ2v) is 8.44. The van der Waals surface area contributed by atoms with Crippen LogP contribution >= 0.6 is 0 Å². The molecule has 4 rings (SSSR count). The summed E-state index contributed by atoms with van der Waals surface area (Å²) < 4.78 is 5.42. The Morgan fingerprint density at radius 3 is 2.44 bits per heavy atom. The number of fused-ring (bicyclic) bond motifs is 1. The van der Waals surface area contributed by atoms with Gasteiger partial charge in [0.15, 0.2) is 11.6 Å². The second kappa shape index (κ2) is 12.2. The summed E-state index contributed by atoms with van der Waals surface area (Å²) >= 11 is 0. The van der Waals surface area contributed by atoms with E-state index in [9.17, 15) is 5.11 Å². The van der Waals surface area contributed by atoms with Gasteiger partial charge in [0.25, 0.3) is 0 Å². The van der Waals surface area contributed by atoms with Gasteiger partial charge in [-0.05, 0) is 67.9 Å². The Bertz CT molecular complexity index is 1300. The average molecular weight is 488 g/mol. The predicted octanol–water partition coefficient (Wildman–Crippen LogP) is 3.80. The minimum Gasteiger partial charge on any atom is -0.497 e. The normalized spacial score (nSPS) is 11.8. The third kappa shape index (κ3) is 6.82. The molecule has 0 aliphatic heterocycles. The van der Waals surface area contributed by atoms with Crippen LogP contribution in [0.5, 0.6) is 5.75 Å². The Balaban J connectivity index is 1.49. The van der Waals surface area contributed by atoms with Gasteiger partial charge in [0.2, 0.25) is 0 Å². The molecule has 188 valence electrons. The molecular formula is C27H33N7O2. The lowest BCUT2D eigenvalue weighted by Gasteiger charge is -2.16. The summed E-state index contributed by atoms with van der Waals surface area (Å²) in [6, 6.07) is 21.8. The van der Waals surface area contributed by atoms with Crippen LogP contribution in [0.4, 0.5) is 23.0 Å². The maximum Gasteiger partial charge on any atom is 0.174 e. The first-order valence-electron chi connectivity index (χ1n) is 11.9. The predicted molar refractivity (Wildman–Crippen MR) is 146 cm³/mol. The molecule has 6 N–H and O–H groups in total. The van der Waals surface area contributed by atoms with Crippen LogP contribution in [-0.4, -0.2) is 48.5 Å². The van der Waals surface area contributed by atoms with Gasteiger partial charge in [0.1, 0.15) is 12.0 Å². The van der Waals surface area contributed by atoms with E-state index in [-0.39, 0.29) is 0 Å². The highest BCUT2D eigenvalue weighted by atomic mass is 16.5. The lowest BCUT2D eigenvalue weighted by molar-refractivity contribution is 0.195. The number of para-hydroxylation sites is 2.